The van der Waals surface area contributed by atoms with E-state index in [4.69, 9.17) is 5.73 Å². The lowest BCUT2D eigenvalue weighted by molar-refractivity contribution is 0.101. The third-order valence-corrected chi connectivity index (χ3v) is 4.28. The van der Waals surface area contributed by atoms with Gasteiger partial charge < -0.3 is 16.4 Å². The molecular weight excluding hydrogens is 338 g/mol. The fourth-order valence-electron chi connectivity index (χ4n) is 2.61. The molecule has 1 aromatic heterocycles. The Kier molecular flexibility index (Phi) is 5.35. The third kappa shape index (κ3) is 4.41. The SMILES string of the molecule is CC(=O)c1ccc(Nc2ncnc(Nc3ccc(C(C)C)cc3)c2N)cc1. The minimum Gasteiger partial charge on any atom is -0.393 e. The Morgan fingerprint density at radius 1 is 0.889 bits per heavy atom. The summed E-state index contributed by atoms with van der Waals surface area (Å²) in [5.74, 6) is 1.54. The van der Waals surface area contributed by atoms with Crippen molar-refractivity contribution in [1.82, 2.24) is 9.97 Å². The summed E-state index contributed by atoms with van der Waals surface area (Å²) in [4.78, 5) is 19.8. The number of Topliss-reactive ketones (excluding diaryl/α,β-unsaturated/α-hetero) is 1. The molecule has 3 aromatic rings. The van der Waals surface area contributed by atoms with E-state index in [1.165, 1.54) is 18.8 Å². The van der Waals surface area contributed by atoms with E-state index in [0.29, 0.717) is 28.8 Å². The molecule has 0 saturated heterocycles. The zero-order valence-corrected chi connectivity index (χ0v) is 15.7. The van der Waals surface area contributed by atoms with Crippen LogP contribution in [0.25, 0.3) is 0 Å². The molecule has 27 heavy (non-hydrogen) atoms. The van der Waals surface area contributed by atoms with Gasteiger partial charge in [0.15, 0.2) is 17.4 Å². The van der Waals surface area contributed by atoms with Gasteiger partial charge in [0.25, 0.3) is 0 Å². The molecule has 6 nitrogen and oxygen atoms in total. The van der Waals surface area contributed by atoms with E-state index in [9.17, 15) is 4.79 Å². The summed E-state index contributed by atoms with van der Waals surface area (Å²) in [5, 5.41) is 6.39. The molecule has 0 atom stereocenters. The molecule has 6 heteroatoms. The number of nitrogens with two attached hydrogens (primary N) is 1. The van der Waals surface area contributed by atoms with E-state index < -0.39 is 0 Å². The Labute approximate surface area is 158 Å². The summed E-state index contributed by atoms with van der Waals surface area (Å²) >= 11 is 0. The van der Waals surface area contributed by atoms with Gasteiger partial charge in [-0.3, -0.25) is 4.79 Å². The number of nitrogen functional groups attached to an aromatic ring is 1. The molecule has 0 unspecified atom stereocenters. The van der Waals surface area contributed by atoms with Gasteiger partial charge in [0, 0.05) is 16.9 Å². The first-order valence-electron chi connectivity index (χ1n) is 8.79. The summed E-state index contributed by atoms with van der Waals surface area (Å²) in [7, 11) is 0. The first-order valence-corrected chi connectivity index (χ1v) is 8.79. The molecule has 0 aliphatic carbocycles. The Hall–Kier alpha value is -3.41. The summed E-state index contributed by atoms with van der Waals surface area (Å²) < 4.78 is 0. The Morgan fingerprint density at radius 2 is 1.37 bits per heavy atom. The molecule has 0 bridgehead atoms. The number of hydrogen-bond acceptors (Lipinski definition) is 6. The second-order valence-electron chi connectivity index (χ2n) is 6.64. The Balaban J connectivity index is 1.78. The van der Waals surface area contributed by atoms with E-state index >= 15 is 0 Å². The maximum absolute atomic E-state index is 11.4. The largest absolute Gasteiger partial charge is 0.393 e. The highest BCUT2D eigenvalue weighted by atomic mass is 16.1. The van der Waals surface area contributed by atoms with Crippen LogP contribution in [-0.2, 0) is 0 Å². The van der Waals surface area contributed by atoms with Crippen LogP contribution in [0.5, 0.6) is 0 Å². The van der Waals surface area contributed by atoms with Gasteiger partial charge in [-0.05, 0) is 54.8 Å². The number of benzene rings is 2. The molecule has 4 N–H and O–H groups in total. The van der Waals surface area contributed by atoms with E-state index in [2.05, 4.69) is 46.6 Å². The van der Waals surface area contributed by atoms with Crippen LogP contribution in [0.15, 0.2) is 54.9 Å². The zero-order chi connectivity index (χ0) is 19.4. The average molecular weight is 361 g/mol. The molecule has 0 saturated carbocycles. The fraction of sp³-hybridized carbons (Fsp3) is 0.190. The standard InChI is InChI=1S/C21H23N5O/c1-13(2)15-4-8-17(9-5-15)25-20-19(22)21(24-12-23-20)26-18-10-6-16(7-11-18)14(3)27/h4-13H,22H2,1-3H3,(H2,23,24,25,26). The summed E-state index contributed by atoms with van der Waals surface area (Å²) in [6, 6.07) is 15.3. The molecule has 0 radical (unpaired) electrons. The van der Waals surface area contributed by atoms with Gasteiger partial charge in [-0.2, -0.15) is 0 Å². The summed E-state index contributed by atoms with van der Waals surface area (Å²) in [6.07, 6.45) is 1.45. The number of aromatic nitrogens is 2. The van der Waals surface area contributed by atoms with Crippen molar-refractivity contribution >= 4 is 34.5 Å². The number of anilines is 5. The number of rotatable bonds is 6. The van der Waals surface area contributed by atoms with E-state index in [1.807, 2.05) is 24.3 Å². The molecule has 0 spiro atoms. The Morgan fingerprint density at radius 3 is 1.81 bits per heavy atom. The molecule has 0 aliphatic heterocycles. The van der Waals surface area contributed by atoms with E-state index in [0.717, 1.165) is 11.4 Å². The van der Waals surface area contributed by atoms with Crippen molar-refractivity contribution < 1.29 is 4.79 Å². The van der Waals surface area contributed by atoms with Crippen LogP contribution in [0.3, 0.4) is 0 Å². The van der Waals surface area contributed by atoms with Crippen LogP contribution in [0.2, 0.25) is 0 Å². The van der Waals surface area contributed by atoms with Gasteiger partial charge in [-0.25, -0.2) is 9.97 Å². The maximum Gasteiger partial charge on any atom is 0.159 e. The lowest BCUT2D eigenvalue weighted by Crippen LogP contribution is -2.05. The predicted octanol–water partition coefficient (Wildman–Crippen LogP) is 4.87. The monoisotopic (exact) mass is 361 g/mol. The van der Waals surface area contributed by atoms with Gasteiger partial charge in [0.1, 0.15) is 12.0 Å². The van der Waals surface area contributed by atoms with Crippen molar-refractivity contribution in [2.75, 3.05) is 16.4 Å². The molecule has 3 rings (SSSR count). The molecule has 0 aliphatic rings. The van der Waals surface area contributed by atoms with E-state index in [1.54, 1.807) is 12.1 Å². The van der Waals surface area contributed by atoms with Crippen LogP contribution >= 0.6 is 0 Å². The fourth-order valence-corrected chi connectivity index (χ4v) is 2.61. The van der Waals surface area contributed by atoms with Gasteiger partial charge in [0.05, 0.1) is 0 Å². The molecule has 0 fully saturated rings. The lowest BCUT2D eigenvalue weighted by atomic mass is 10.0. The topological polar surface area (TPSA) is 92.9 Å². The van der Waals surface area contributed by atoms with Crippen molar-refractivity contribution in [3.63, 3.8) is 0 Å². The quantitative estimate of drug-likeness (QED) is 0.542. The summed E-state index contributed by atoms with van der Waals surface area (Å²) in [5.41, 5.74) is 10.3. The van der Waals surface area contributed by atoms with Crippen molar-refractivity contribution in [3.05, 3.63) is 66.0 Å². The second-order valence-corrected chi connectivity index (χ2v) is 6.64. The molecular formula is C21H23N5O. The highest BCUT2D eigenvalue weighted by Gasteiger charge is 2.09. The van der Waals surface area contributed by atoms with Gasteiger partial charge in [-0.15, -0.1) is 0 Å². The average Bonchev–Trinajstić information content (AvgIpc) is 2.66. The van der Waals surface area contributed by atoms with E-state index in [-0.39, 0.29) is 5.78 Å². The van der Waals surface area contributed by atoms with Crippen LogP contribution < -0.4 is 16.4 Å². The zero-order valence-electron chi connectivity index (χ0n) is 15.7. The second kappa shape index (κ2) is 7.86. The van der Waals surface area contributed by atoms with Crippen molar-refractivity contribution in [2.24, 2.45) is 0 Å². The number of nitrogens with zero attached hydrogens (tertiary/aromatic N) is 2. The summed E-state index contributed by atoms with van der Waals surface area (Å²) in [6.45, 7) is 5.86. The Bertz CT molecular complexity index is 934. The van der Waals surface area contributed by atoms with Crippen molar-refractivity contribution in [3.8, 4) is 0 Å². The van der Waals surface area contributed by atoms with Gasteiger partial charge in [-0.1, -0.05) is 26.0 Å². The number of carbonyl (C=O) groups is 1. The number of carbonyl (C=O) groups excluding carboxylic acids is 1. The number of nitrogens with one attached hydrogen (secondary N) is 2. The predicted molar refractivity (Wildman–Crippen MR) is 110 cm³/mol. The first-order chi connectivity index (χ1) is 12.9. The smallest absolute Gasteiger partial charge is 0.159 e. The van der Waals surface area contributed by atoms with Crippen molar-refractivity contribution in [2.45, 2.75) is 26.7 Å². The normalized spacial score (nSPS) is 10.7. The molecule has 2 aromatic carbocycles. The number of ketones is 1. The maximum atomic E-state index is 11.4. The van der Waals surface area contributed by atoms with Crippen molar-refractivity contribution in [1.29, 1.82) is 0 Å². The van der Waals surface area contributed by atoms with Crippen LogP contribution in [0, 0.1) is 0 Å². The molecule has 138 valence electrons. The van der Waals surface area contributed by atoms with Crippen LogP contribution in [0.4, 0.5) is 28.7 Å². The van der Waals surface area contributed by atoms with Gasteiger partial charge >= 0.3 is 0 Å². The molecule has 0 amide bonds. The third-order valence-electron chi connectivity index (χ3n) is 4.28. The van der Waals surface area contributed by atoms with Crippen LogP contribution in [-0.4, -0.2) is 15.8 Å². The van der Waals surface area contributed by atoms with Crippen LogP contribution in [0.1, 0.15) is 42.6 Å². The highest BCUT2D eigenvalue weighted by Crippen LogP contribution is 2.28. The first kappa shape index (κ1) is 18.4. The highest BCUT2D eigenvalue weighted by molar-refractivity contribution is 5.94. The molecule has 1 heterocycles. The number of hydrogen-bond donors (Lipinski definition) is 3. The minimum atomic E-state index is 0.0260. The minimum absolute atomic E-state index is 0.0260. The lowest BCUT2D eigenvalue weighted by Gasteiger charge is -2.13. The van der Waals surface area contributed by atoms with Gasteiger partial charge in [0.2, 0.25) is 0 Å².